The summed E-state index contributed by atoms with van der Waals surface area (Å²) in [6.45, 7) is 0.786. The Morgan fingerprint density at radius 1 is 1.11 bits per heavy atom. The Hall–Kier alpha value is -1.38. The molecular weight excluding hydrogens is 261 g/mol. The second-order valence-electron chi connectivity index (χ2n) is 4.57. The Labute approximate surface area is 118 Å². The first kappa shape index (κ1) is 14.0. The van der Waals surface area contributed by atoms with Crippen molar-refractivity contribution in [3.05, 3.63) is 70.5 Å². The average molecular weight is 278 g/mol. The highest BCUT2D eigenvalue weighted by Crippen LogP contribution is 2.26. The highest BCUT2D eigenvalue weighted by molar-refractivity contribution is 6.31. The molecule has 0 spiro atoms. The predicted molar refractivity (Wildman–Crippen MR) is 78.2 cm³/mol. The fourth-order valence-electron chi connectivity index (χ4n) is 2.25. The number of hydrogen-bond donors (Lipinski definition) is 1. The summed E-state index contributed by atoms with van der Waals surface area (Å²) in [5.74, 6) is -0.0230. The van der Waals surface area contributed by atoms with Gasteiger partial charge in [-0.1, -0.05) is 48.0 Å². The van der Waals surface area contributed by atoms with Crippen molar-refractivity contribution in [3.63, 3.8) is 0 Å². The molecule has 1 atom stereocenters. The van der Waals surface area contributed by atoms with Crippen molar-refractivity contribution in [2.75, 3.05) is 13.6 Å². The molecule has 3 heteroatoms. The lowest BCUT2D eigenvalue weighted by molar-refractivity contribution is 0.574. The van der Waals surface area contributed by atoms with Crippen LogP contribution >= 0.6 is 11.6 Å². The van der Waals surface area contributed by atoms with Gasteiger partial charge >= 0.3 is 0 Å². The van der Waals surface area contributed by atoms with Gasteiger partial charge in [0.25, 0.3) is 0 Å². The fraction of sp³-hybridized carbons (Fsp3) is 0.250. The molecule has 0 saturated carbocycles. The molecule has 0 heterocycles. The molecule has 100 valence electrons. The third kappa shape index (κ3) is 3.55. The molecule has 0 radical (unpaired) electrons. The summed E-state index contributed by atoms with van der Waals surface area (Å²) >= 11 is 6.10. The third-order valence-corrected chi connectivity index (χ3v) is 3.59. The quantitative estimate of drug-likeness (QED) is 0.870. The smallest absolute Gasteiger partial charge is 0.127 e. The fourth-order valence-corrected chi connectivity index (χ4v) is 2.49. The summed E-state index contributed by atoms with van der Waals surface area (Å²) in [6.07, 6.45) is 0.594. The van der Waals surface area contributed by atoms with Crippen LogP contribution < -0.4 is 5.32 Å². The lowest BCUT2D eigenvalue weighted by Crippen LogP contribution is -2.19. The standard InChI is InChI=1S/C16H17ClFN/c1-19-11-13(12-6-3-2-4-7-12)10-14-15(17)8-5-9-16(14)18/h2-9,13,19H,10-11H2,1H3. The molecule has 0 aliphatic rings. The van der Waals surface area contributed by atoms with Crippen molar-refractivity contribution in [1.82, 2.24) is 5.32 Å². The van der Waals surface area contributed by atoms with Gasteiger partial charge in [-0.05, 0) is 31.2 Å². The maximum Gasteiger partial charge on any atom is 0.127 e. The first-order valence-corrected chi connectivity index (χ1v) is 6.72. The van der Waals surface area contributed by atoms with Crippen LogP contribution in [-0.4, -0.2) is 13.6 Å². The number of rotatable bonds is 5. The molecule has 0 aliphatic heterocycles. The zero-order valence-electron chi connectivity index (χ0n) is 10.9. The maximum atomic E-state index is 13.9. The minimum atomic E-state index is -0.232. The summed E-state index contributed by atoms with van der Waals surface area (Å²) in [6, 6.07) is 15.0. The number of halogens is 2. The summed E-state index contributed by atoms with van der Waals surface area (Å²) < 4.78 is 13.9. The lowest BCUT2D eigenvalue weighted by atomic mass is 9.91. The minimum Gasteiger partial charge on any atom is -0.319 e. The second kappa shape index (κ2) is 6.69. The van der Waals surface area contributed by atoms with Gasteiger partial charge in [-0.2, -0.15) is 0 Å². The Morgan fingerprint density at radius 2 is 1.84 bits per heavy atom. The van der Waals surface area contributed by atoms with Crippen molar-refractivity contribution in [2.45, 2.75) is 12.3 Å². The SMILES string of the molecule is CNCC(Cc1c(F)cccc1Cl)c1ccccc1. The van der Waals surface area contributed by atoms with E-state index >= 15 is 0 Å². The van der Waals surface area contributed by atoms with E-state index in [0.29, 0.717) is 17.0 Å². The number of nitrogens with one attached hydrogen (secondary N) is 1. The number of hydrogen-bond acceptors (Lipinski definition) is 1. The highest BCUT2D eigenvalue weighted by Gasteiger charge is 2.16. The van der Waals surface area contributed by atoms with Crippen LogP contribution in [0.1, 0.15) is 17.0 Å². The third-order valence-electron chi connectivity index (χ3n) is 3.23. The van der Waals surface area contributed by atoms with Crippen LogP contribution in [0.15, 0.2) is 48.5 Å². The molecular formula is C16H17ClFN. The van der Waals surface area contributed by atoms with Crippen molar-refractivity contribution in [1.29, 1.82) is 0 Å². The molecule has 1 nitrogen and oxygen atoms in total. The van der Waals surface area contributed by atoms with Gasteiger partial charge in [0.05, 0.1) is 0 Å². The van der Waals surface area contributed by atoms with E-state index in [1.54, 1.807) is 12.1 Å². The first-order chi connectivity index (χ1) is 9.22. The normalized spacial score (nSPS) is 12.4. The van der Waals surface area contributed by atoms with Gasteiger partial charge in [0.1, 0.15) is 5.82 Å². The average Bonchev–Trinajstić information content (AvgIpc) is 2.43. The molecule has 2 aromatic carbocycles. The zero-order chi connectivity index (χ0) is 13.7. The van der Waals surface area contributed by atoms with E-state index in [0.717, 1.165) is 6.54 Å². The largest absolute Gasteiger partial charge is 0.319 e. The Kier molecular flexibility index (Phi) is 4.94. The van der Waals surface area contributed by atoms with Crippen molar-refractivity contribution in [2.24, 2.45) is 0 Å². The van der Waals surface area contributed by atoms with Crippen molar-refractivity contribution < 1.29 is 4.39 Å². The van der Waals surface area contributed by atoms with Gasteiger partial charge in [-0.25, -0.2) is 4.39 Å². The van der Waals surface area contributed by atoms with E-state index in [1.807, 2.05) is 25.2 Å². The molecule has 0 aromatic heterocycles. The summed E-state index contributed by atoms with van der Waals surface area (Å²) in [7, 11) is 1.90. The van der Waals surface area contributed by atoms with Crippen LogP contribution in [0, 0.1) is 5.82 Å². The molecule has 2 aromatic rings. The summed E-state index contributed by atoms with van der Waals surface area (Å²) in [5.41, 5.74) is 1.78. The monoisotopic (exact) mass is 277 g/mol. The highest BCUT2D eigenvalue weighted by atomic mass is 35.5. The molecule has 0 bridgehead atoms. The van der Waals surface area contributed by atoms with E-state index in [1.165, 1.54) is 11.6 Å². The van der Waals surface area contributed by atoms with Gasteiger partial charge < -0.3 is 5.32 Å². The molecule has 2 rings (SSSR count). The van der Waals surface area contributed by atoms with Crippen molar-refractivity contribution in [3.8, 4) is 0 Å². The molecule has 0 aliphatic carbocycles. The lowest BCUT2D eigenvalue weighted by Gasteiger charge is -2.18. The zero-order valence-corrected chi connectivity index (χ0v) is 11.6. The number of benzene rings is 2. The molecule has 0 amide bonds. The first-order valence-electron chi connectivity index (χ1n) is 6.34. The van der Waals surface area contributed by atoms with E-state index in [2.05, 4.69) is 17.4 Å². The predicted octanol–water partition coefficient (Wildman–Crippen LogP) is 4.02. The van der Waals surface area contributed by atoms with E-state index in [4.69, 9.17) is 11.6 Å². The Bertz CT molecular complexity index is 507. The topological polar surface area (TPSA) is 12.0 Å². The molecule has 19 heavy (non-hydrogen) atoms. The van der Waals surface area contributed by atoms with E-state index in [9.17, 15) is 4.39 Å². The molecule has 1 N–H and O–H groups in total. The van der Waals surface area contributed by atoms with Gasteiger partial charge in [-0.3, -0.25) is 0 Å². The Morgan fingerprint density at radius 3 is 2.47 bits per heavy atom. The van der Waals surface area contributed by atoms with Crippen LogP contribution in [0.3, 0.4) is 0 Å². The van der Waals surface area contributed by atoms with Crippen LogP contribution in [0.25, 0.3) is 0 Å². The van der Waals surface area contributed by atoms with Crippen LogP contribution in [0.5, 0.6) is 0 Å². The number of likely N-dealkylation sites (N-methyl/N-ethyl adjacent to an activating group) is 1. The van der Waals surface area contributed by atoms with Gasteiger partial charge in [-0.15, -0.1) is 0 Å². The maximum absolute atomic E-state index is 13.9. The van der Waals surface area contributed by atoms with Gasteiger partial charge in [0, 0.05) is 23.0 Å². The molecule has 1 unspecified atom stereocenters. The summed E-state index contributed by atoms with van der Waals surface area (Å²) in [4.78, 5) is 0. The van der Waals surface area contributed by atoms with Crippen LogP contribution in [0.2, 0.25) is 5.02 Å². The van der Waals surface area contributed by atoms with Crippen LogP contribution in [0.4, 0.5) is 4.39 Å². The van der Waals surface area contributed by atoms with Crippen LogP contribution in [-0.2, 0) is 6.42 Å². The van der Waals surface area contributed by atoms with Crippen molar-refractivity contribution >= 4 is 11.6 Å². The van der Waals surface area contributed by atoms with E-state index in [-0.39, 0.29) is 11.7 Å². The Balaban J connectivity index is 2.27. The van der Waals surface area contributed by atoms with Gasteiger partial charge in [0.2, 0.25) is 0 Å². The van der Waals surface area contributed by atoms with E-state index < -0.39 is 0 Å². The van der Waals surface area contributed by atoms with Gasteiger partial charge in [0.15, 0.2) is 0 Å². The minimum absolute atomic E-state index is 0.209. The molecule has 0 saturated heterocycles. The molecule has 0 fully saturated rings. The second-order valence-corrected chi connectivity index (χ2v) is 4.98. The summed E-state index contributed by atoms with van der Waals surface area (Å²) in [5, 5.41) is 3.66.